The van der Waals surface area contributed by atoms with Gasteiger partial charge < -0.3 is 14.9 Å². The van der Waals surface area contributed by atoms with Crippen LogP contribution in [0.25, 0.3) is 0 Å². The van der Waals surface area contributed by atoms with E-state index in [1.165, 1.54) is 18.2 Å². The van der Waals surface area contributed by atoms with Crippen molar-refractivity contribution in [1.82, 2.24) is 4.90 Å². The minimum absolute atomic E-state index is 0.0767. The minimum Gasteiger partial charge on any atom is -0.391 e. The molecule has 8 heteroatoms. The predicted molar refractivity (Wildman–Crippen MR) is 92.7 cm³/mol. The normalized spacial score (nSPS) is 20.4. The van der Waals surface area contributed by atoms with Crippen molar-refractivity contribution in [2.45, 2.75) is 63.4 Å². The lowest BCUT2D eigenvalue weighted by molar-refractivity contribution is -0.152. The van der Waals surface area contributed by atoms with Gasteiger partial charge in [-0.05, 0) is 36.6 Å². The fourth-order valence-corrected chi connectivity index (χ4v) is 4.08. The van der Waals surface area contributed by atoms with E-state index in [2.05, 4.69) is 0 Å². The van der Waals surface area contributed by atoms with Crippen molar-refractivity contribution in [3.63, 3.8) is 0 Å². The minimum atomic E-state index is -4.47. The van der Waals surface area contributed by atoms with Gasteiger partial charge in [-0.25, -0.2) is 4.39 Å². The van der Waals surface area contributed by atoms with Gasteiger partial charge in [-0.1, -0.05) is 12.8 Å². The zero-order chi connectivity index (χ0) is 19.6. The molecule has 2 aliphatic rings. The summed E-state index contributed by atoms with van der Waals surface area (Å²) in [6.07, 6.45) is -3.28. The van der Waals surface area contributed by atoms with Crippen LogP contribution in [0.15, 0.2) is 18.2 Å². The fraction of sp³-hybridized carbons (Fsp3) is 0.632. The molecule has 0 saturated heterocycles. The van der Waals surface area contributed by atoms with E-state index < -0.39 is 24.5 Å². The molecular formula is C19H24F4N2O2. The van der Waals surface area contributed by atoms with Crippen LogP contribution < -0.4 is 4.90 Å². The molecule has 0 aromatic heterocycles. The van der Waals surface area contributed by atoms with Gasteiger partial charge in [0.25, 0.3) is 0 Å². The van der Waals surface area contributed by atoms with Crippen molar-refractivity contribution in [2.24, 2.45) is 0 Å². The molecule has 1 N–H and O–H groups in total. The monoisotopic (exact) mass is 388 g/mol. The number of hydrogen-bond acceptors (Lipinski definition) is 3. The molecule has 1 aromatic carbocycles. The molecule has 150 valence electrons. The second-order valence-corrected chi connectivity index (χ2v) is 7.40. The Bertz CT molecular complexity index is 674. The Morgan fingerprint density at radius 2 is 1.93 bits per heavy atom. The van der Waals surface area contributed by atoms with Gasteiger partial charge in [-0.3, -0.25) is 4.79 Å². The lowest BCUT2D eigenvalue weighted by Gasteiger charge is -2.36. The number of aliphatic hydroxyl groups excluding tert-OH is 1. The molecule has 1 fully saturated rings. The van der Waals surface area contributed by atoms with E-state index in [4.69, 9.17) is 0 Å². The third-order valence-corrected chi connectivity index (χ3v) is 5.30. The highest BCUT2D eigenvalue weighted by molar-refractivity contribution is 5.78. The lowest BCUT2D eigenvalue weighted by atomic mass is 10.0. The number of alkyl halides is 3. The first-order valence-corrected chi connectivity index (χ1v) is 9.30. The molecule has 0 bridgehead atoms. The van der Waals surface area contributed by atoms with Crippen LogP contribution in [-0.2, 0) is 11.3 Å². The van der Waals surface area contributed by atoms with Gasteiger partial charge in [-0.2, -0.15) is 13.2 Å². The first kappa shape index (κ1) is 19.9. The van der Waals surface area contributed by atoms with Crippen LogP contribution in [0, 0.1) is 5.82 Å². The van der Waals surface area contributed by atoms with Crippen molar-refractivity contribution in [1.29, 1.82) is 0 Å². The molecule has 1 saturated carbocycles. The Labute approximate surface area is 155 Å². The number of β-amino-alcohol motifs (C(OH)–C–C–N with tert-alkyl or cyclic N) is 1. The summed E-state index contributed by atoms with van der Waals surface area (Å²) in [7, 11) is 0. The predicted octanol–water partition coefficient (Wildman–Crippen LogP) is 3.62. The summed E-state index contributed by atoms with van der Waals surface area (Å²) in [5.41, 5.74) is 1.14. The number of nitrogens with zero attached hydrogens (tertiary/aromatic N) is 2. The lowest BCUT2D eigenvalue weighted by Crippen LogP contribution is -2.44. The summed E-state index contributed by atoms with van der Waals surface area (Å²) >= 11 is 0. The van der Waals surface area contributed by atoms with Crippen LogP contribution >= 0.6 is 0 Å². The van der Waals surface area contributed by atoms with Gasteiger partial charge >= 0.3 is 6.18 Å². The Morgan fingerprint density at radius 1 is 1.22 bits per heavy atom. The molecule has 0 spiro atoms. The first-order valence-electron chi connectivity index (χ1n) is 9.30. The highest BCUT2D eigenvalue weighted by atomic mass is 19.4. The maximum atomic E-state index is 13.8. The zero-order valence-corrected chi connectivity index (χ0v) is 15.0. The Morgan fingerprint density at radius 3 is 2.59 bits per heavy atom. The number of aliphatic hydroxyl groups is 1. The Kier molecular flexibility index (Phi) is 5.93. The van der Waals surface area contributed by atoms with Gasteiger partial charge in [-0.15, -0.1) is 0 Å². The van der Waals surface area contributed by atoms with Crippen molar-refractivity contribution in [2.75, 3.05) is 18.0 Å². The van der Waals surface area contributed by atoms with Crippen LogP contribution in [-0.4, -0.2) is 47.3 Å². The van der Waals surface area contributed by atoms with Crippen molar-refractivity contribution in [3.8, 4) is 0 Å². The molecule has 4 nitrogen and oxygen atoms in total. The number of anilines is 1. The van der Waals surface area contributed by atoms with Gasteiger partial charge in [0.15, 0.2) is 0 Å². The number of carbonyl (C=O) groups is 1. The van der Waals surface area contributed by atoms with Crippen LogP contribution in [0.4, 0.5) is 23.2 Å². The standard InChI is InChI=1S/C19H24F4N2O2/c20-14-5-6-17-13(9-14)11-25(15-3-1-2-4-15)18(27)7-8-24(17)12-16(26)10-19(21,22)23/h5-6,9,15-16,26H,1-4,7-8,10-12H2. The van der Waals surface area contributed by atoms with E-state index in [0.29, 0.717) is 11.3 Å². The van der Waals surface area contributed by atoms with E-state index >= 15 is 0 Å². The van der Waals surface area contributed by atoms with Crippen LogP contribution in [0.3, 0.4) is 0 Å². The van der Waals surface area contributed by atoms with Gasteiger partial charge in [0.1, 0.15) is 5.82 Å². The Hall–Kier alpha value is -1.83. The smallest absolute Gasteiger partial charge is 0.391 e. The van der Waals surface area contributed by atoms with Gasteiger partial charge in [0, 0.05) is 37.8 Å². The average molecular weight is 388 g/mol. The maximum absolute atomic E-state index is 13.8. The highest BCUT2D eigenvalue weighted by Crippen LogP contribution is 2.32. The molecule has 3 rings (SSSR count). The number of halogens is 4. The SMILES string of the molecule is O=C1CCN(CC(O)CC(F)(F)F)c2ccc(F)cc2CN1C1CCCC1. The van der Waals surface area contributed by atoms with Crippen molar-refractivity contribution >= 4 is 11.6 Å². The molecule has 1 amide bonds. The molecule has 1 heterocycles. The van der Waals surface area contributed by atoms with Gasteiger partial charge in [0.05, 0.1) is 12.5 Å². The van der Waals surface area contributed by atoms with Gasteiger partial charge in [0.2, 0.25) is 5.91 Å². The number of carbonyl (C=O) groups excluding carboxylic acids is 1. The molecule has 1 aromatic rings. The molecular weight excluding hydrogens is 364 g/mol. The second-order valence-electron chi connectivity index (χ2n) is 7.40. The van der Waals surface area contributed by atoms with E-state index in [-0.39, 0.29) is 38.0 Å². The summed E-state index contributed by atoms with van der Waals surface area (Å²) in [5, 5.41) is 9.84. The fourth-order valence-electron chi connectivity index (χ4n) is 4.08. The number of amides is 1. The van der Waals surface area contributed by atoms with E-state index in [0.717, 1.165) is 25.7 Å². The highest BCUT2D eigenvalue weighted by Gasteiger charge is 2.34. The number of fused-ring (bicyclic) bond motifs is 1. The van der Waals surface area contributed by atoms with E-state index in [1.54, 1.807) is 9.80 Å². The zero-order valence-electron chi connectivity index (χ0n) is 15.0. The first-order chi connectivity index (χ1) is 12.7. The third-order valence-electron chi connectivity index (χ3n) is 5.30. The van der Waals surface area contributed by atoms with Crippen molar-refractivity contribution in [3.05, 3.63) is 29.6 Å². The summed E-state index contributed by atoms with van der Waals surface area (Å²) in [6, 6.07) is 4.24. The molecule has 1 aliphatic heterocycles. The van der Waals surface area contributed by atoms with Crippen LogP contribution in [0.5, 0.6) is 0 Å². The summed E-state index contributed by atoms with van der Waals surface area (Å²) in [6.45, 7) is 0.174. The molecule has 27 heavy (non-hydrogen) atoms. The maximum Gasteiger partial charge on any atom is 0.391 e. The van der Waals surface area contributed by atoms with E-state index in [1.807, 2.05) is 0 Å². The summed E-state index contributed by atoms with van der Waals surface area (Å²) in [5.74, 6) is -0.531. The third kappa shape index (κ3) is 5.12. The summed E-state index contributed by atoms with van der Waals surface area (Å²) < 4.78 is 51.5. The molecule has 1 unspecified atom stereocenters. The molecule has 1 atom stereocenters. The largest absolute Gasteiger partial charge is 0.391 e. The summed E-state index contributed by atoms with van der Waals surface area (Å²) in [4.78, 5) is 16.0. The van der Waals surface area contributed by atoms with Crippen LogP contribution in [0.1, 0.15) is 44.1 Å². The second kappa shape index (κ2) is 8.04. The molecule has 1 aliphatic carbocycles. The van der Waals surface area contributed by atoms with Crippen LogP contribution in [0.2, 0.25) is 0 Å². The number of benzene rings is 1. The Balaban J connectivity index is 1.84. The van der Waals surface area contributed by atoms with E-state index in [9.17, 15) is 27.5 Å². The molecule has 0 radical (unpaired) electrons. The quantitative estimate of drug-likeness (QED) is 0.802. The average Bonchev–Trinajstić information content (AvgIpc) is 3.07. The number of hydrogen-bond donors (Lipinski definition) is 1. The topological polar surface area (TPSA) is 43.8 Å². The number of rotatable bonds is 4. The van der Waals surface area contributed by atoms with Crippen molar-refractivity contribution < 1.29 is 27.5 Å².